The van der Waals surface area contributed by atoms with Gasteiger partial charge in [0.25, 0.3) is 5.95 Å². The lowest BCUT2D eigenvalue weighted by Gasteiger charge is -2.06. The number of nitrogens with one attached hydrogen (secondary N) is 1. The zero-order valence-corrected chi connectivity index (χ0v) is 12.2. The Hall–Kier alpha value is -2.56. The first kappa shape index (κ1) is 13.4. The molecule has 0 fully saturated rings. The smallest absolute Gasteiger partial charge is 0.257 e. The van der Waals surface area contributed by atoms with E-state index in [9.17, 15) is 0 Å². The number of aryl methyl sites for hydroxylation is 1. The summed E-state index contributed by atoms with van der Waals surface area (Å²) >= 11 is 1.30. The van der Waals surface area contributed by atoms with Crippen molar-refractivity contribution in [1.29, 1.82) is 0 Å². The minimum atomic E-state index is 0.392. The van der Waals surface area contributed by atoms with Gasteiger partial charge >= 0.3 is 0 Å². The molecule has 0 saturated carbocycles. The Morgan fingerprint density at radius 3 is 2.76 bits per heavy atom. The van der Waals surface area contributed by atoms with E-state index in [1.165, 1.54) is 35.4 Å². The molecule has 0 aliphatic heterocycles. The molecule has 0 aliphatic rings. The summed E-state index contributed by atoms with van der Waals surface area (Å²) in [6.45, 7) is 2.67. The Morgan fingerprint density at radius 2 is 2.10 bits per heavy atom. The summed E-state index contributed by atoms with van der Waals surface area (Å²) in [5, 5.41) is 12.3. The highest BCUT2D eigenvalue weighted by atomic mass is 32.2. The molecule has 3 aromatic rings. The molecule has 0 aliphatic carbocycles. The summed E-state index contributed by atoms with van der Waals surface area (Å²) in [5.74, 6) is 0.866. The Morgan fingerprint density at radius 1 is 1.19 bits per heavy atom. The molecule has 1 N–H and O–H groups in total. The first-order chi connectivity index (χ1) is 10.3. The molecular weight excluding hydrogens is 292 g/mol. The lowest BCUT2D eigenvalue weighted by atomic mass is 10.7. The second kappa shape index (κ2) is 5.83. The Labute approximate surface area is 124 Å². The molecule has 11 heteroatoms. The summed E-state index contributed by atoms with van der Waals surface area (Å²) in [7, 11) is 1.81. The molecule has 0 aromatic carbocycles. The second-order valence-electron chi connectivity index (χ2n) is 3.88. The van der Waals surface area contributed by atoms with E-state index in [4.69, 9.17) is 0 Å². The molecule has 0 radical (unpaired) electrons. The molecule has 3 aromatic heterocycles. The standard InChI is InChI=1S/C10H12N10S/c1-3-12-7-16-8(20-6-11-4-15-20)18-9(17-7)21-10-13-5-14-19(10)2/h4-6H,3H2,1-2H3,(H,12,16,17,18). The fourth-order valence-electron chi connectivity index (χ4n) is 1.50. The van der Waals surface area contributed by atoms with Gasteiger partial charge in [0.1, 0.15) is 19.0 Å². The largest absolute Gasteiger partial charge is 0.354 e. The number of hydrogen-bond donors (Lipinski definition) is 1. The third kappa shape index (κ3) is 2.97. The van der Waals surface area contributed by atoms with E-state index in [0.717, 1.165) is 0 Å². The van der Waals surface area contributed by atoms with E-state index >= 15 is 0 Å². The topological polar surface area (TPSA) is 112 Å². The van der Waals surface area contributed by atoms with Crippen molar-refractivity contribution in [3.63, 3.8) is 0 Å². The molecule has 0 amide bonds. The van der Waals surface area contributed by atoms with Crippen LogP contribution in [0.1, 0.15) is 6.92 Å². The van der Waals surface area contributed by atoms with Crippen LogP contribution in [0.2, 0.25) is 0 Å². The van der Waals surface area contributed by atoms with Crippen molar-refractivity contribution in [3.05, 3.63) is 19.0 Å². The highest BCUT2D eigenvalue weighted by Crippen LogP contribution is 2.22. The van der Waals surface area contributed by atoms with Crippen LogP contribution >= 0.6 is 11.8 Å². The predicted molar refractivity (Wildman–Crippen MR) is 74.0 cm³/mol. The summed E-state index contributed by atoms with van der Waals surface area (Å²) < 4.78 is 3.12. The molecule has 0 bridgehead atoms. The maximum Gasteiger partial charge on any atom is 0.257 e. The van der Waals surface area contributed by atoms with Gasteiger partial charge in [0, 0.05) is 13.6 Å². The van der Waals surface area contributed by atoms with Crippen molar-refractivity contribution >= 4 is 17.7 Å². The van der Waals surface area contributed by atoms with Crippen molar-refractivity contribution < 1.29 is 0 Å². The summed E-state index contributed by atoms with van der Waals surface area (Å²) in [5.41, 5.74) is 0. The Balaban J connectivity index is 1.97. The SMILES string of the molecule is CCNc1nc(Sc2ncnn2C)nc(-n2cncn2)n1. The van der Waals surface area contributed by atoms with Crippen LogP contribution in [0, 0.1) is 0 Å². The van der Waals surface area contributed by atoms with Crippen molar-refractivity contribution in [2.45, 2.75) is 17.2 Å². The molecule has 0 spiro atoms. The number of anilines is 1. The minimum absolute atomic E-state index is 0.392. The minimum Gasteiger partial charge on any atom is -0.354 e. The van der Waals surface area contributed by atoms with Crippen LogP contribution in [-0.4, -0.2) is 51.0 Å². The Kier molecular flexibility index (Phi) is 3.73. The van der Waals surface area contributed by atoms with Gasteiger partial charge in [0.05, 0.1) is 0 Å². The average Bonchev–Trinajstić information content (AvgIpc) is 3.12. The van der Waals surface area contributed by atoms with Gasteiger partial charge in [0.2, 0.25) is 11.1 Å². The average molecular weight is 304 g/mol. The summed E-state index contributed by atoms with van der Waals surface area (Å²) in [6, 6.07) is 0. The van der Waals surface area contributed by atoms with E-state index in [0.29, 0.717) is 28.8 Å². The van der Waals surface area contributed by atoms with Crippen LogP contribution in [0.5, 0.6) is 0 Å². The van der Waals surface area contributed by atoms with Crippen LogP contribution in [0.4, 0.5) is 5.95 Å². The first-order valence-corrected chi connectivity index (χ1v) is 6.94. The molecule has 0 atom stereocenters. The van der Waals surface area contributed by atoms with Gasteiger partial charge in [-0.2, -0.15) is 29.8 Å². The summed E-state index contributed by atoms with van der Waals surface area (Å²) in [6.07, 6.45) is 4.43. The molecule has 3 heterocycles. The monoisotopic (exact) mass is 304 g/mol. The van der Waals surface area contributed by atoms with Gasteiger partial charge in [-0.25, -0.2) is 14.6 Å². The molecule has 3 rings (SSSR count). The van der Waals surface area contributed by atoms with Crippen molar-refractivity contribution in [2.24, 2.45) is 7.05 Å². The first-order valence-electron chi connectivity index (χ1n) is 6.13. The zero-order valence-electron chi connectivity index (χ0n) is 11.4. The van der Waals surface area contributed by atoms with Crippen LogP contribution in [0.3, 0.4) is 0 Å². The number of aromatic nitrogens is 9. The van der Waals surface area contributed by atoms with Crippen LogP contribution in [0.15, 0.2) is 29.3 Å². The Bertz CT molecular complexity index is 721. The normalized spacial score (nSPS) is 10.8. The van der Waals surface area contributed by atoms with Crippen LogP contribution in [0.25, 0.3) is 5.95 Å². The quantitative estimate of drug-likeness (QED) is 0.704. The number of hydrogen-bond acceptors (Lipinski definition) is 9. The maximum atomic E-state index is 4.35. The predicted octanol–water partition coefficient (Wildman–Crippen LogP) is 0.164. The van der Waals surface area contributed by atoms with Crippen molar-refractivity contribution in [2.75, 3.05) is 11.9 Å². The maximum absolute atomic E-state index is 4.35. The van der Waals surface area contributed by atoms with Crippen LogP contribution < -0.4 is 5.32 Å². The van der Waals surface area contributed by atoms with Gasteiger partial charge in [-0.05, 0) is 18.7 Å². The van der Waals surface area contributed by atoms with E-state index < -0.39 is 0 Å². The molecule has 0 saturated heterocycles. The fourth-order valence-corrected chi connectivity index (χ4v) is 2.20. The number of nitrogens with zero attached hydrogens (tertiary/aromatic N) is 9. The lowest BCUT2D eigenvalue weighted by Crippen LogP contribution is -2.10. The van der Waals surface area contributed by atoms with E-state index in [2.05, 4.69) is 40.4 Å². The van der Waals surface area contributed by atoms with Crippen molar-refractivity contribution in [1.82, 2.24) is 44.5 Å². The molecular formula is C10H12N10S. The lowest BCUT2D eigenvalue weighted by molar-refractivity contribution is 0.682. The zero-order chi connectivity index (χ0) is 14.7. The third-order valence-corrected chi connectivity index (χ3v) is 3.33. The van der Waals surface area contributed by atoms with E-state index in [-0.39, 0.29) is 0 Å². The summed E-state index contributed by atoms with van der Waals surface area (Å²) in [4.78, 5) is 21.0. The van der Waals surface area contributed by atoms with E-state index in [1.807, 2.05) is 6.92 Å². The van der Waals surface area contributed by atoms with Gasteiger partial charge in [-0.3, -0.25) is 0 Å². The highest BCUT2D eigenvalue weighted by molar-refractivity contribution is 7.99. The molecule has 108 valence electrons. The second-order valence-corrected chi connectivity index (χ2v) is 4.81. The van der Waals surface area contributed by atoms with E-state index in [1.54, 1.807) is 11.7 Å². The fraction of sp³-hybridized carbons (Fsp3) is 0.300. The van der Waals surface area contributed by atoms with Gasteiger partial charge in [-0.15, -0.1) is 0 Å². The van der Waals surface area contributed by atoms with Gasteiger partial charge in [-0.1, -0.05) is 0 Å². The molecule has 21 heavy (non-hydrogen) atoms. The van der Waals surface area contributed by atoms with Crippen LogP contribution in [-0.2, 0) is 7.05 Å². The molecule has 0 unspecified atom stereocenters. The van der Waals surface area contributed by atoms with Crippen molar-refractivity contribution in [3.8, 4) is 5.95 Å². The number of rotatable bonds is 5. The van der Waals surface area contributed by atoms with Gasteiger partial charge in [0.15, 0.2) is 5.16 Å². The highest BCUT2D eigenvalue weighted by Gasteiger charge is 2.12. The third-order valence-electron chi connectivity index (χ3n) is 2.41. The molecule has 10 nitrogen and oxygen atoms in total. The van der Waals surface area contributed by atoms with Gasteiger partial charge < -0.3 is 5.32 Å².